The van der Waals surface area contributed by atoms with Crippen molar-refractivity contribution in [1.29, 1.82) is 0 Å². The van der Waals surface area contributed by atoms with Crippen LogP contribution in [0.5, 0.6) is 0 Å². The SMILES string of the molecule is CCCCC(CC)CC1CC=Cc2cc(-c3ccccc3)ccc2C1. The van der Waals surface area contributed by atoms with E-state index < -0.39 is 0 Å². The van der Waals surface area contributed by atoms with Gasteiger partial charge in [-0.2, -0.15) is 0 Å². The summed E-state index contributed by atoms with van der Waals surface area (Å²) in [5, 5.41) is 0. The third-order valence-electron chi connectivity index (χ3n) is 5.74. The second-order valence-corrected chi connectivity index (χ2v) is 7.64. The molecule has 0 spiro atoms. The van der Waals surface area contributed by atoms with E-state index >= 15 is 0 Å². The summed E-state index contributed by atoms with van der Waals surface area (Å²) in [6.45, 7) is 4.68. The molecule has 3 rings (SSSR count). The van der Waals surface area contributed by atoms with Crippen molar-refractivity contribution in [1.82, 2.24) is 0 Å². The zero-order chi connectivity index (χ0) is 17.5. The molecule has 132 valence electrons. The molecule has 1 aliphatic rings. The number of rotatable bonds is 7. The molecular weight excluding hydrogens is 300 g/mol. The number of fused-ring (bicyclic) bond motifs is 1. The van der Waals surface area contributed by atoms with E-state index in [-0.39, 0.29) is 0 Å². The van der Waals surface area contributed by atoms with Gasteiger partial charge in [-0.15, -0.1) is 0 Å². The van der Waals surface area contributed by atoms with Crippen molar-refractivity contribution in [2.24, 2.45) is 11.8 Å². The smallest absolute Gasteiger partial charge is 0.0178 e. The maximum absolute atomic E-state index is 2.41. The summed E-state index contributed by atoms with van der Waals surface area (Å²) in [6, 6.07) is 17.8. The highest BCUT2D eigenvalue weighted by molar-refractivity contribution is 5.69. The van der Waals surface area contributed by atoms with Crippen molar-refractivity contribution in [2.75, 3.05) is 0 Å². The number of allylic oxidation sites excluding steroid dienone is 1. The molecule has 0 saturated heterocycles. The molecular formula is C25H32. The first-order valence-electron chi connectivity index (χ1n) is 10.1. The first-order valence-corrected chi connectivity index (χ1v) is 10.1. The maximum Gasteiger partial charge on any atom is -0.0178 e. The zero-order valence-electron chi connectivity index (χ0n) is 15.9. The highest BCUT2D eigenvalue weighted by Crippen LogP contribution is 2.32. The molecule has 0 heteroatoms. The minimum atomic E-state index is 0.807. The molecule has 0 fully saturated rings. The molecule has 0 radical (unpaired) electrons. The van der Waals surface area contributed by atoms with Gasteiger partial charge in [0.1, 0.15) is 0 Å². The number of benzene rings is 2. The van der Waals surface area contributed by atoms with Crippen LogP contribution in [0.1, 0.15) is 63.5 Å². The van der Waals surface area contributed by atoms with Gasteiger partial charge in [-0.05, 0) is 59.4 Å². The van der Waals surface area contributed by atoms with E-state index in [1.807, 2.05) is 0 Å². The van der Waals surface area contributed by atoms with E-state index in [1.54, 1.807) is 0 Å². The van der Waals surface area contributed by atoms with Crippen molar-refractivity contribution in [3.05, 3.63) is 65.7 Å². The average Bonchev–Trinajstić information content (AvgIpc) is 2.86. The van der Waals surface area contributed by atoms with Crippen molar-refractivity contribution in [3.63, 3.8) is 0 Å². The van der Waals surface area contributed by atoms with Crippen molar-refractivity contribution in [2.45, 2.75) is 58.8 Å². The normalized spacial score (nSPS) is 17.8. The molecule has 0 bridgehead atoms. The van der Waals surface area contributed by atoms with Gasteiger partial charge in [0.05, 0.1) is 0 Å². The third-order valence-corrected chi connectivity index (χ3v) is 5.74. The fraction of sp³-hybridized carbons (Fsp3) is 0.440. The second-order valence-electron chi connectivity index (χ2n) is 7.64. The Morgan fingerprint density at radius 2 is 1.84 bits per heavy atom. The Balaban J connectivity index is 1.73. The molecule has 25 heavy (non-hydrogen) atoms. The minimum Gasteiger partial charge on any atom is -0.0836 e. The van der Waals surface area contributed by atoms with Gasteiger partial charge in [0, 0.05) is 0 Å². The fourth-order valence-electron chi connectivity index (χ4n) is 4.16. The van der Waals surface area contributed by atoms with Crippen molar-refractivity contribution in [3.8, 4) is 11.1 Å². The van der Waals surface area contributed by atoms with Crippen LogP contribution < -0.4 is 0 Å². The van der Waals surface area contributed by atoms with Gasteiger partial charge < -0.3 is 0 Å². The van der Waals surface area contributed by atoms with E-state index in [2.05, 4.69) is 74.5 Å². The monoisotopic (exact) mass is 332 g/mol. The maximum atomic E-state index is 2.41. The van der Waals surface area contributed by atoms with E-state index in [0.717, 1.165) is 11.8 Å². The predicted octanol–water partition coefficient (Wildman–Crippen LogP) is 7.54. The van der Waals surface area contributed by atoms with Crippen LogP contribution in [0.3, 0.4) is 0 Å². The van der Waals surface area contributed by atoms with Gasteiger partial charge in [-0.25, -0.2) is 0 Å². The highest BCUT2D eigenvalue weighted by atomic mass is 14.2. The molecule has 0 aromatic heterocycles. The van der Waals surface area contributed by atoms with Crippen LogP contribution in [0.2, 0.25) is 0 Å². The second kappa shape index (κ2) is 9.04. The summed E-state index contributed by atoms with van der Waals surface area (Å²) < 4.78 is 0. The highest BCUT2D eigenvalue weighted by Gasteiger charge is 2.18. The molecule has 0 nitrogen and oxygen atoms in total. The minimum absolute atomic E-state index is 0.807. The fourth-order valence-corrected chi connectivity index (χ4v) is 4.16. The Hall–Kier alpha value is -1.82. The number of hydrogen-bond acceptors (Lipinski definition) is 0. The summed E-state index contributed by atoms with van der Waals surface area (Å²) in [4.78, 5) is 0. The van der Waals surface area contributed by atoms with E-state index in [4.69, 9.17) is 0 Å². The molecule has 1 aliphatic carbocycles. The molecule has 2 aromatic rings. The van der Waals surface area contributed by atoms with Gasteiger partial charge in [-0.3, -0.25) is 0 Å². The van der Waals surface area contributed by atoms with Crippen LogP contribution in [-0.4, -0.2) is 0 Å². The first-order chi connectivity index (χ1) is 12.3. The zero-order valence-corrected chi connectivity index (χ0v) is 15.9. The van der Waals surface area contributed by atoms with Gasteiger partial charge in [-0.1, -0.05) is 94.1 Å². The molecule has 2 aromatic carbocycles. The summed E-state index contributed by atoms with van der Waals surface area (Å²) in [6.07, 6.45) is 14.1. The molecule has 0 saturated carbocycles. The summed E-state index contributed by atoms with van der Waals surface area (Å²) in [5.74, 6) is 1.71. The summed E-state index contributed by atoms with van der Waals surface area (Å²) in [5.41, 5.74) is 5.59. The lowest BCUT2D eigenvalue weighted by atomic mass is 9.84. The molecule has 0 aliphatic heterocycles. The van der Waals surface area contributed by atoms with Gasteiger partial charge >= 0.3 is 0 Å². The van der Waals surface area contributed by atoms with Crippen molar-refractivity contribution < 1.29 is 0 Å². The Morgan fingerprint density at radius 3 is 2.60 bits per heavy atom. The van der Waals surface area contributed by atoms with Crippen LogP contribution in [0.15, 0.2) is 54.6 Å². The Morgan fingerprint density at radius 1 is 1.00 bits per heavy atom. The van der Waals surface area contributed by atoms with Gasteiger partial charge in [0.15, 0.2) is 0 Å². The van der Waals surface area contributed by atoms with Gasteiger partial charge in [0.2, 0.25) is 0 Å². The molecule has 2 unspecified atom stereocenters. The Labute approximate surface area is 154 Å². The lowest BCUT2D eigenvalue weighted by Crippen LogP contribution is -2.11. The van der Waals surface area contributed by atoms with E-state index in [0.29, 0.717) is 0 Å². The number of hydrogen-bond donors (Lipinski definition) is 0. The molecule has 0 heterocycles. The molecule has 0 amide bonds. The van der Waals surface area contributed by atoms with E-state index in [1.165, 1.54) is 67.2 Å². The average molecular weight is 333 g/mol. The lowest BCUT2D eigenvalue weighted by molar-refractivity contribution is 0.337. The quantitative estimate of drug-likeness (QED) is 0.491. The van der Waals surface area contributed by atoms with Crippen molar-refractivity contribution >= 4 is 6.08 Å². The topological polar surface area (TPSA) is 0 Å². The Bertz CT molecular complexity index is 680. The van der Waals surface area contributed by atoms with Crippen LogP contribution in [-0.2, 0) is 6.42 Å². The third kappa shape index (κ3) is 4.84. The molecule has 2 atom stereocenters. The standard InChI is InChI=1S/C25H32/c1-3-5-10-20(4-2)17-21-11-9-14-23-19-25(16-15-24(23)18-21)22-12-7-6-8-13-22/h6-9,12-16,19-21H,3-5,10-11,17-18H2,1-2H3. The Kier molecular flexibility index (Phi) is 6.50. The number of unbranched alkanes of at least 4 members (excludes halogenated alkanes) is 1. The van der Waals surface area contributed by atoms with Crippen LogP contribution in [0, 0.1) is 11.8 Å². The molecule has 0 N–H and O–H groups in total. The largest absolute Gasteiger partial charge is 0.0836 e. The van der Waals surface area contributed by atoms with Crippen LogP contribution in [0.4, 0.5) is 0 Å². The van der Waals surface area contributed by atoms with E-state index in [9.17, 15) is 0 Å². The summed E-state index contributed by atoms with van der Waals surface area (Å²) >= 11 is 0. The predicted molar refractivity (Wildman–Crippen MR) is 111 cm³/mol. The first kappa shape index (κ1) is 18.0. The van der Waals surface area contributed by atoms with Crippen LogP contribution in [0.25, 0.3) is 17.2 Å². The van der Waals surface area contributed by atoms with Crippen LogP contribution >= 0.6 is 0 Å². The summed E-state index contributed by atoms with van der Waals surface area (Å²) in [7, 11) is 0. The van der Waals surface area contributed by atoms with Gasteiger partial charge in [0.25, 0.3) is 0 Å². The lowest BCUT2D eigenvalue weighted by Gasteiger charge is -2.21.